The van der Waals surface area contributed by atoms with Crippen LogP contribution in [0.1, 0.15) is 31.4 Å². The van der Waals surface area contributed by atoms with Crippen molar-refractivity contribution in [3.05, 3.63) is 66.5 Å². The third kappa shape index (κ3) is 8.11. The van der Waals surface area contributed by atoms with E-state index in [1.807, 2.05) is 43.5 Å². The Labute approximate surface area is 232 Å². The zero-order valence-electron chi connectivity index (χ0n) is 22.1. The van der Waals surface area contributed by atoms with Gasteiger partial charge < -0.3 is 20.7 Å². The van der Waals surface area contributed by atoms with E-state index in [-0.39, 0.29) is 11.0 Å². The van der Waals surface area contributed by atoms with Crippen LogP contribution in [0.4, 0.5) is 5.95 Å². The number of H-pyrrole nitrogens is 1. The molecule has 3 aromatic rings. The number of sulfonamides is 1. The van der Waals surface area contributed by atoms with Crippen molar-refractivity contribution in [2.24, 2.45) is 0 Å². The molecule has 12 nitrogen and oxygen atoms in total. The van der Waals surface area contributed by atoms with Crippen molar-refractivity contribution in [1.82, 2.24) is 25.5 Å². The number of imidazole rings is 1. The Balaban J connectivity index is 1.21. The Bertz CT molecular complexity index is 1380. The fourth-order valence-electron chi connectivity index (χ4n) is 4.30. The van der Waals surface area contributed by atoms with E-state index in [2.05, 4.69) is 30.8 Å². The van der Waals surface area contributed by atoms with Crippen LogP contribution in [0.5, 0.6) is 0 Å². The predicted octanol–water partition coefficient (Wildman–Crippen LogP) is 2.18. The number of hydrogen-bond acceptors (Lipinski definition) is 8. The second kappa shape index (κ2) is 13.5. The largest absolute Gasteiger partial charge is 0.480 e. The summed E-state index contributed by atoms with van der Waals surface area (Å²) in [5.41, 5.74) is 5.36. The molecule has 1 saturated heterocycles. The number of carbonyl (C=O) groups is 2. The normalized spacial score (nSPS) is 17.8. The smallest absolute Gasteiger partial charge is 0.323 e. The molecule has 0 spiro atoms. The molecule has 0 radical (unpaired) electrons. The lowest BCUT2D eigenvalue weighted by Gasteiger charge is -2.17. The van der Waals surface area contributed by atoms with Crippen LogP contribution in [0.3, 0.4) is 0 Å². The van der Waals surface area contributed by atoms with E-state index < -0.39 is 40.5 Å². The third-order valence-corrected chi connectivity index (χ3v) is 7.98. The van der Waals surface area contributed by atoms with E-state index in [0.717, 1.165) is 48.6 Å². The van der Waals surface area contributed by atoms with Gasteiger partial charge in [-0.1, -0.05) is 42.5 Å². The highest BCUT2D eigenvalue weighted by Gasteiger charge is 2.32. The quantitative estimate of drug-likeness (QED) is 0.159. The minimum absolute atomic E-state index is 0.0760. The molecule has 1 amide bonds. The molecular formula is C27H34N6O6S. The molecule has 13 heteroatoms. The highest BCUT2D eigenvalue weighted by atomic mass is 32.2. The summed E-state index contributed by atoms with van der Waals surface area (Å²) in [6.45, 7) is 2.24. The number of carboxylic acids is 1. The Hall–Kier alpha value is -3.78. The molecule has 2 aromatic carbocycles. The molecule has 0 saturated carbocycles. The zero-order valence-corrected chi connectivity index (χ0v) is 22.9. The molecule has 1 aliphatic heterocycles. The van der Waals surface area contributed by atoms with Gasteiger partial charge in [-0.3, -0.25) is 14.4 Å². The maximum absolute atomic E-state index is 12.8. The fraction of sp³-hybridized carbons (Fsp3) is 0.370. The summed E-state index contributed by atoms with van der Waals surface area (Å²) < 4.78 is 27.8. The van der Waals surface area contributed by atoms with Gasteiger partial charge >= 0.3 is 5.97 Å². The number of amides is 1. The number of anilines is 1. The number of hydrogen-bond donors (Lipinski definition) is 6. The second-order valence-electron chi connectivity index (χ2n) is 9.61. The topological polar surface area (TPSA) is 175 Å². The summed E-state index contributed by atoms with van der Waals surface area (Å²) in [7, 11) is -4.14. The van der Waals surface area contributed by atoms with Gasteiger partial charge in [-0.25, -0.2) is 13.4 Å². The number of nitrogens with one attached hydrogen (secondary N) is 5. The first kappa shape index (κ1) is 29.2. The van der Waals surface area contributed by atoms with Crippen LogP contribution in [0.25, 0.3) is 11.1 Å². The van der Waals surface area contributed by atoms with Crippen molar-refractivity contribution < 1.29 is 28.0 Å². The first-order valence-electron chi connectivity index (χ1n) is 13.1. The second-order valence-corrected chi connectivity index (χ2v) is 11.3. The molecule has 1 aliphatic rings. The van der Waals surface area contributed by atoms with Crippen LogP contribution in [0.2, 0.25) is 0 Å². The molecule has 6 N–H and O–H groups in total. The number of aromatic amines is 1. The highest BCUT2D eigenvalue weighted by Crippen LogP contribution is 2.21. The summed E-state index contributed by atoms with van der Waals surface area (Å²) in [5, 5.41) is 15.3. The Morgan fingerprint density at radius 2 is 1.82 bits per heavy atom. The molecule has 1 fully saturated rings. The molecule has 0 aliphatic carbocycles. The summed E-state index contributed by atoms with van der Waals surface area (Å²) in [6, 6.07) is 13.4. The van der Waals surface area contributed by atoms with Gasteiger partial charge in [0.15, 0.2) is 5.95 Å². The maximum atomic E-state index is 12.8. The van der Waals surface area contributed by atoms with Gasteiger partial charge in [0.25, 0.3) is 0 Å². The average molecular weight is 571 g/mol. The van der Waals surface area contributed by atoms with Crippen LogP contribution in [0.15, 0.2) is 65.7 Å². The summed E-state index contributed by atoms with van der Waals surface area (Å²) in [6.07, 6.45) is 4.61. The van der Waals surface area contributed by atoms with Crippen molar-refractivity contribution in [2.75, 3.05) is 18.4 Å². The lowest BCUT2D eigenvalue weighted by molar-refractivity contribution is -0.139. The summed E-state index contributed by atoms with van der Waals surface area (Å²) >= 11 is 0. The Morgan fingerprint density at radius 1 is 1.10 bits per heavy atom. The SMILES string of the molecule is Cc1c[nH]c(NCCCCC2CC(C(=O)NCC(NS(=O)(=O)c3ccc(-c4ccccc4)cc3)C(=O)O)NO2)n1. The van der Waals surface area contributed by atoms with Crippen molar-refractivity contribution in [3.8, 4) is 11.1 Å². The average Bonchev–Trinajstić information content (AvgIpc) is 3.60. The van der Waals surface area contributed by atoms with E-state index in [1.54, 1.807) is 12.1 Å². The van der Waals surface area contributed by atoms with Gasteiger partial charge in [0.05, 0.1) is 16.7 Å². The number of rotatable bonds is 14. The van der Waals surface area contributed by atoms with Gasteiger partial charge in [0, 0.05) is 25.7 Å². The van der Waals surface area contributed by atoms with Gasteiger partial charge in [-0.15, -0.1) is 0 Å². The number of nitrogens with zero attached hydrogens (tertiary/aromatic N) is 1. The first-order valence-corrected chi connectivity index (χ1v) is 14.5. The molecule has 2 heterocycles. The minimum atomic E-state index is -4.14. The Morgan fingerprint density at radius 3 is 2.50 bits per heavy atom. The first-order chi connectivity index (χ1) is 19.2. The van der Waals surface area contributed by atoms with E-state index in [1.165, 1.54) is 12.1 Å². The molecule has 3 unspecified atom stereocenters. The monoisotopic (exact) mass is 570 g/mol. The number of carbonyl (C=O) groups excluding carboxylic acids is 1. The number of benzene rings is 2. The number of aliphatic carboxylic acids is 1. The lowest BCUT2D eigenvalue weighted by atomic mass is 10.1. The van der Waals surface area contributed by atoms with E-state index in [9.17, 15) is 23.1 Å². The number of unbranched alkanes of at least 4 members (excludes halogenated alkanes) is 1. The van der Waals surface area contributed by atoms with Crippen LogP contribution >= 0.6 is 0 Å². The Kier molecular flexibility index (Phi) is 9.88. The molecule has 40 heavy (non-hydrogen) atoms. The number of aromatic nitrogens is 2. The van der Waals surface area contributed by atoms with Crippen molar-refractivity contribution >= 4 is 27.8 Å². The standard InChI is InChI=1S/C27H34N6O6S/c1-18-16-30-27(31-18)28-14-6-5-9-21-15-23(32-39-21)25(34)29-17-24(26(35)36)33-40(37,38)22-12-10-20(11-13-22)19-7-3-2-4-8-19/h2-4,7-8,10-13,16,21,23-24,32-33H,5-6,9,14-15,17H2,1H3,(H,29,34)(H,35,36)(H2,28,30,31). The molecule has 4 rings (SSSR count). The predicted molar refractivity (Wildman–Crippen MR) is 149 cm³/mol. The van der Waals surface area contributed by atoms with E-state index in [0.29, 0.717) is 6.42 Å². The number of aryl methyl sites for hydroxylation is 1. The van der Waals surface area contributed by atoms with Gasteiger partial charge in [0.2, 0.25) is 15.9 Å². The van der Waals surface area contributed by atoms with Gasteiger partial charge in [-0.05, 0) is 49.4 Å². The van der Waals surface area contributed by atoms with Gasteiger partial charge in [0.1, 0.15) is 12.1 Å². The van der Waals surface area contributed by atoms with Crippen LogP contribution in [-0.2, 0) is 24.4 Å². The molecule has 3 atom stereocenters. The molecular weight excluding hydrogens is 536 g/mol. The third-order valence-electron chi connectivity index (χ3n) is 6.49. The lowest BCUT2D eigenvalue weighted by Crippen LogP contribution is -2.51. The van der Waals surface area contributed by atoms with Crippen LogP contribution < -0.4 is 20.8 Å². The minimum Gasteiger partial charge on any atom is -0.480 e. The van der Waals surface area contributed by atoms with Crippen LogP contribution in [0, 0.1) is 6.92 Å². The zero-order chi connectivity index (χ0) is 28.5. The van der Waals surface area contributed by atoms with E-state index >= 15 is 0 Å². The summed E-state index contributed by atoms with van der Waals surface area (Å²) in [4.78, 5) is 37.1. The highest BCUT2D eigenvalue weighted by molar-refractivity contribution is 7.89. The number of carboxylic acid groups (broad SMARTS) is 1. The van der Waals surface area contributed by atoms with Crippen molar-refractivity contribution in [3.63, 3.8) is 0 Å². The molecule has 1 aromatic heterocycles. The molecule has 214 valence electrons. The number of hydroxylamine groups is 1. The summed E-state index contributed by atoms with van der Waals surface area (Å²) in [5.74, 6) is -1.14. The fourth-order valence-corrected chi connectivity index (χ4v) is 5.49. The molecule has 0 bridgehead atoms. The van der Waals surface area contributed by atoms with Crippen molar-refractivity contribution in [2.45, 2.75) is 55.7 Å². The van der Waals surface area contributed by atoms with Crippen molar-refractivity contribution in [1.29, 1.82) is 0 Å². The van der Waals surface area contributed by atoms with Crippen LogP contribution in [-0.4, -0.2) is 66.6 Å². The maximum Gasteiger partial charge on any atom is 0.323 e. The van der Waals surface area contributed by atoms with Gasteiger partial charge in [-0.2, -0.15) is 10.2 Å². The van der Waals surface area contributed by atoms with E-state index in [4.69, 9.17) is 4.84 Å².